The van der Waals surface area contributed by atoms with Gasteiger partial charge in [0.25, 0.3) is 0 Å². The van der Waals surface area contributed by atoms with Gasteiger partial charge in [0, 0.05) is 32.2 Å². The van der Waals surface area contributed by atoms with Crippen molar-refractivity contribution in [3.05, 3.63) is 0 Å². The lowest BCUT2D eigenvalue weighted by Gasteiger charge is -2.32. The third kappa shape index (κ3) is 4.35. The summed E-state index contributed by atoms with van der Waals surface area (Å²) in [4.78, 5) is 2.12. The molecule has 0 spiro atoms. The molecule has 1 aliphatic heterocycles. The molecule has 84 valence electrons. The van der Waals surface area contributed by atoms with Gasteiger partial charge in [0.05, 0.1) is 12.7 Å². The zero-order valence-electron chi connectivity index (χ0n) is 9.13. The Morgan fingerprint density at radius 2 is 2.36 bits per heavy atom. The van der Waals surface area contributed by atoms with Crippen molar-refractivity contribution in [1.29, 1.82) is 0 Å². The molecule has 0 aromatic carbocycles. The van der Waals surface area contributed by atoms with Crippen LogP contribution < -0.4 is 5.32 Å². The van der Waals surface area contributed by atoms with Gasteiger partial charge in [-0.1, -0.05) is 13.8 Å². The van der Waals surface area contributed by atoms with E-state index in [-0.39, 0.29) is 12.8 Å². The summed E-state index contributed by atoms with van der Waals surface area (Å²) < 4.78 is 17.7. The molecule has 0 radical (unpaired) electrons. The fourth-order valence-electron chi connectivity index (χ4n) is 1.59. The van der Waals surface area contributed by atoms with E-state index in [4.69, 9.17) is 4.74 Å². The maximum absolute atomic E-state index is 12.1. The van der Waals surface area contributed by atoms with Crippen LogP contribution in [0, 0.1) is 0 Å². The van der Waals surface area contributed by atoms with E-state index in [0.717, 1.165) is 26.2 Å². The highest BCUT2D eigenvalue weighted by Gasteiger charge is 2.19. The Morgan fingerprint density at radius 1 is 1.57 bits per heavy atom. The highest BCUT2D eigenvalue weighted by Crippen LogP contribution is 2.04. The predicted molar refractivity (Wildman–Crippen MR) is 55.3 cm³/mol. The Kier molecular flexibility index (Phi) is 5.37. The summed E-state index contributed by atoms with van der Waals surface area (Å²) >= 11 is 0. The fraction of sp³-hybridized carbons (Fsp3) is 1.00. The summed E-state index contributed by atoms with van der Waals surface area (Å²) in [6, 6.07) is 0.482. The van der Waals surface area contributed by atoms with Gasteiger partial charge in [-0.3, -0.25) is 4.90 Å². The number of halogens is 1. The first kappa shape index (κ1) is 11.9. The second kappa shape index (κ2) is 6.32. The minimum atomic E-state index is -0.260. The highest BCUT2D eigenvalue weighted by atomic mass is 19.1. The number of nitrogens with one attached hydrogen (secondary N) is 1. The molecule has 1 aliphatic rings. The first-order chi connectivity index (χ1) is 6.72. The summed E-state index contributed by atoms with van der Waals surface area (Å²) in [5, 5.41) is 3.33. The maximum Gasteiger partial charge on any atom is 0.102 e. The van der Waals surface area contributed by atoms with Crippen LogP contribution in [0.3, 0.4) is 0 Å². The average Bonchev–Trinajstić information content (AvgIpc) is 2.16. The molecule has 0 amide bonds. The monoisotopic (exact) mass is 204 g/mol. The molecular formula is C10H21FN2O. The number of hydrogen-bond acceptors (Lipinski definition) is 3. The van der Waals surface area contributed by atoms with Crippen LogP contribution in [0.2, 0.25) is 0 Å². The smallest absolute Gasteiger partial charge is 0.102 e. The zero-order chi connectivity index (χ0) is 10.4. The molecule has 1 saturated heterocycles. The predicted octanol–water partition coefficient (Wildman–Crippen LogP) is 0.655. The number of rotatable bonds is 5. The molecule has 3 nitrogen and oxygen atoms in total. The van der Waals surface area contributed by atoms with Crippen LogP contribution in [-0.2, 0) is 4.74 Å². The van der Waals surface area contributed by atoms with E-state index in [1.165, 1.54) is 0 Å². The maximum atomic E-state index is 12.1. The Morgan fingerprint density at radius 3 is 3.00 bits per heavy atom. The highest BCUT2D eigenvalue weighted by molar-refractivity contribution is 4.73. The molecule has 1 heterocycles. The van der Waals surface area contributed by atoms with Crippen LogP contribution in [0.5, 0.6) is 0 Å². The molecule has 4 heteroatoms. The number of morpholine rings is 1. The number of alkyl halides is 1. The van der Waals surface area contributed by atoms with E-state index in [0.29, 0.717) is 12.6 Å². The van der Waals surface area contributed by atoms with E-state index in [1.807, 2.05) is 0 Å². The average molecular weight is 204 g/mol. The van der Waals surface area contributed by atoms with Crippen LogP contribution in [-0.4, -0.2) is 56.5 Å². The van der Waals surface area contributed by atoms with E-state index >= 15 is 0 Å². The van der Waals surface area contributed by atoms with Gasteiger partial charge in [-0.05, 0) is 0 Å². The SMILES string of the molecule is CC(C)NCC1CN(CCF)CCO1. The molecule has 1 rings (SSSR count). The van der Waals surface area contributed by atoms with E-state index in [9.17, 15) is 4.39 Å². The lowest BCUT2D eigenvalue weighted by atomic mass is 10.2. The Labute approximate surface area is 85.6 Å². The van der Waals surface area contributed by atoms with Crippen LogP contribution in [0.1, 0.15) is 13.8 Å². The van der Waals surface area contributed by atoms with Crippen molar-refractivity contribution in [3.8, 4) is 0 Å². The summed E-state index contributed by atoms with van der Waals surface area (Å²) in [7, 11) is 0. The lowest BCUT2D eigenvalue weighted by Crippen LogP contribution is -2.48. The Bertz CT molecular complexity index is 153. The van der Waals surface area contributed by atoms with Crippen LogP contribution in [0.15, 0.2) is 0 Å². The number of nitrogens with zero attached hydrogens (tertiary/aromatic N) is 1. The van der Waals surface area contributed by atoms with Crippen molar-refractivity contribution in [2.75, 3.05) is 39.5 Å². The minimum Gasteiger partial charge on any atom is -0.374 e. The van der Waals surface area contributed by atoms with Crippen LogP contribution in [0.4, 0.5) is 4.39 Å². The first-order valence-corrected chi connectivity index (χ1v) is 5.35. The number of ether oxygens (including phenoxy) is 1. The molecule has 0 bridgehead atoms. The topological polar surface area (TPSA) is 24.5 Å². The van der Waals surface area contributed by atoms with Crippen molar-refractivity contribution in [1.82, 2.24) is 10.2 Å². The molecule has 1 atom stereocenters. The fourth-order valence-corrected chi connectivity index (χ4v) is 1.59. The van der Waals surface area contributed by atoms with E-state index in [2.05, 4.69) is 24.1 Å². The molecule has 14 heavy (non-hydrogen) atoms. The Hall–Kier alpha value is -0.190. The van der Waals surface area contributed by atoms with Crippen LogP contribution in [0.25, 0.3) is 0 Å². The third-order valence-corrected chi connectivity index (χ3v) is 2.38. The zero-order valence-corrected chi connectivity index (χ0v) is 9.13. The molecule has 0 saturated carbocycles. The van der Waals surface area contributed by atoms with Crippen LogP contribution >= 0.6 is 0 Å². The molecule has 0 aliphatic carbocycles. The summed E-state index contributed by atoms with van der Waals surface area (Å²) in [6.07, 6.45) is 0.220. The molecule has 1 fully saturated rings. The summed E-state index contributed by atoms with van der Waals surface area (Å²) in [5.74, 6) is 0. The molecule has 0 aromatic rings. The van der Waals surface area contributed by atoms with Crippen molar-refractivity contribution < 1.29 is 9.13 Å². The Balaban J connectivity index is 2.18. The quantitative estimate of drug-likeness (QED) is 0.712. The van der Waals surface area contributed by atoms with E-state index < -0.39 is 0 Å². The van der Waals surface area contributed by atoms with Gasteiger partial charge in [-0.15, -0.1) is 0 Å². The van der Waals surface area contributed by atoms with Gasteiger partial charge >= 0.3 is 0 Å². The second-order valence-corrected chi connectivity index (χ2v) is 4.05. The van der Waals surface area contributed by atoms with Crippen molar-refractivity contribution >= 4 is 0 Å². The molecule has 1 unspecified atom stereocenters. The third-order valence-electron chi connectivity index (χ3n) is 2.38. The van der Waals surface area contributed by atoms with Gasteiger partial charge < -0.3 is 10.1 Å². The lowest BCUT2D eigenvalue weighted by molar-refractivity contribution is -0.0290. The van der Waals surface area contributed by atoms with Gasteiger partial charge in [0.1, 0.15) is 6.67 Å². The standard InChI is InChI=1S/C10H21FN2O/c1-9(2)12-7-10-8-13(4-3-11)5-6-14-10/h9-10,12H,3-8H2,1-2H3. The molecular weight excluding hydrogens is 183 g/mol. The normalized spacial score (nSPS) is 24.4. The summed E-state index contributed by atoms with van der Waals surface area (Å²) in [5.41, 5.74) is 0. The minimum absolute atomic E-state index is 0.220. The largest absolute Gasteiger partial charge is 0.374 e. The second-order valence-electron chi connectivity index (χ2n) is 4.05. The molecule has 0 aromatic heterocycles. The van der Waals surface area contributed by atoms with Gasteiger partial charge in [0.15, 0.2) is 0 Å². The van der Waals surface area contributed by atoms with Gasteiger partial charge in [-0.25, -0.2) is 4.39 Å². The van der Waals surface area contributed by atoms with Crippen molar-refractivity contribution in [2.45, 2.75) is 26.0 Å². The van der Waals surface area contributed by atoms with Gasteiger partial charge in [-0.2, -0.15) is 0 Å². The summed E-state index contributed by atoms with van der Waals surface area (Å²) in [6.45, 7) is 7.81. The molecule has 1 N–H and O–H groups in total. The van der Waals surface area contributed by atoms with Crippen molar-refractivity contribution in [3.63, 3.8) is 0 Å². The van der Waals surface area contributed by atoms with E-state index in [1.54, 1.807) is 0 Å². The number of hydrogen-bond donors (Lipinski definition) is 1. The first-order valence-electron chi connectivity index (χ1n) is 5.35. The van der Waals surface area contributed by atoms with Gasteiger partial charge in [0.2, 0.25) is 0 Å². The van der Waals surface area contributed by atoms with Crippen molar-refractivity contribution in [2.24, 2.45) is 0 Å².